The van der Waals surface area contributed by atoms with E-state index in [0.29, 0.717) is 6.07 Å². The topological polar surface area (TPSA) is 46.5 Å². The van der Waals surface area contributed by atoms with Gasteiger partial charge in [0.1, 0.15) is 17.4 Å². The first-order valence-electron chi connectivity index (χ1n) is 6.21. The Balaban J connectivity index is 2.51. The molecule has 1 N–H and O–H groups in total. The Hall–Kier alpha value is -2.64. The lowest BCUT2D eigenvalue weighted by atomic mass is 9.97. The Morgan fingerprint density at radius 1 is 1.04 bits per heavy atom. The summed E-state index contributed by atoms with van der Waals surface area (Å²) in [5.74, 6) is -3.71. The molecular weight excluding hydrogens is 323 g/mol. The van der Waals surface area contributed by atoms with E-state index in [1.165, 1.54) is 0 Å². The quantitative estimate of drug-likeness (QED) is 0.855. The van der Waals surface area contributed by atoms with Gasteiger partial charge >= 0.3 is 12.3 Å². The number of alkyl halides is 3. The van der Waals surface area contributed by atoms with Crippen molar-refractivity contribution < 1.29 is 36.6 Å². The summed E-state index contributed by atoms with van der Waals surface area (Å²) >= 11 is 0. The highest BCUT2D eigenvalue weighted by Crippen LogP contribution is 2.31. The first-order valence-corrected chi connectivity index (χ1v) is 6.21. The van der Waals surface area contributed by atoms with Gasteiger partial charge < -0.3 is 9.84 Å². The van der Waals surface area contributed by atoms with Gasteiger partial charge in [-0.3, -0.25) is 4.79 Å². The van der Waals surface area contributed by atoms with E-state index in [0.717, 1.165) is 30.3 Å². The lowest BCUT2D eigenvalue weighted by Crippen LogP contribution is -2.17. The van der Waals surface area contributed by atoms with Gasteiger partial charge in [0.15, 0.2) is 0 Å². The zero-order chi connectivity index (χ0) is 17.2. The summed E-state index contributed by atoms with van der Waals surface area (Å²) in [7, 11) is 0. The van der Waals surface area contributed by atoms with Crippen LogP contribution in [0, 0.1) is 11.6 Å². The smallest absolute Gasteiger partial charge is 0.481 e. The van der Waals surface area contributed by atoms with Crippen LogP contribution in [0.4, 0.5) is 22.0 Å². The Bertz CT molecular complexity index is 720. The van der Waals surface area contributed by atoms with Crippen molar-refractivity contribution in [3.63, 3.8) is 0 Å². The molecule has 0 fully saturated rings. The molecule has 122 valence electrons. The van der Waals surface area contributed by atoms with E-state index in [9.17, 15) is 26.7 Å². The van der Waals surface area contributed by atoms with Gasteiger partial charge in [-0.1, -0.05) is 6.07 Å². The molecule has 0 atom stereocenters. The molecule has 2 rings (SSSR count). The largest absolute Gasteiger partial charge is 0.573 e. The molecule has 0 aliphatic rings. The average molecular weight is 332 g/mol. The van der Waals surface area contributed by atoms with Crippen LogP contribution in [0.5, 0.6) is 5.75 Å². The number of benzene rings is 2. The Labute approximate surface area is 126 Å². The molecule has 0 aliphatic heterocycles. The Morgan fingerprint density at radius 2 is 1.65 bits per heavy atom. The number of carboxylic acids is 1. The molecule has 2 aromatic carbocycles. The van der Waals surface area contributed by atoms with Gasteiger partial charge in [0.05, 0.1) is 6.42 Å². The minimum Gasteiger partial charge on any atom is -0.481 e. The summed E-state index contributed by atoms with van der Waals surface area (Å²) in [6, 6.07) is 5.47. The van der Waals surface area contributed by atoms with Gasteiger partial charge in [-0.25, -0.2) is 8.78 Å². The van der Waals surface area contributed by atoms with Crippen LogP contribution in [0.15, 0.2) is 36.4 Å². The third-order valence-corrected chi connectivity index (χ3v) is 2.83. The van der Waals surface area contributed by atoms with E-state index in [-0.39, 0.29) is 16.7 Å². The van der Waals surface area contributed by atoms with Crippen molar-refractivity contribution in [2.45, 2.75) is 12.8 Å². The van der Waals surface area contributed by atoms with E-state index in [1.807, 2.05) is 0 Å². The molecule has 0 aliphatic carbocycles. The fraction of sp³-hybridized carbons (Fsp3) is 0.133. The zero-order valence-electron chi connectivity index (χ0n) is 11.3. The van der Waals surface area contributed by atoms with Crippen LogP contribution >= 0.6 is 0 Å². The third kappa shape index (κ3) is 4.67. The van der Waals surface area contributed by atoms with Crippen molar-refractivity contribution in [2.75, 3.05) is 0 Å². The molecule has 8 heteroatoms. The molecular formula is C15H9F5O3. The highest BCUT2D eigenvalue weighted by molar-refractivity contribution is 5.77. The van der Waals surface area contributed by atoms with Gasteiger partial charge in [0.2, 0.25) is 0 Å². The maximum absolute atomic E-state index is 13.3. The molecule has 0 aromatic heterocycles. The summed E-state index contributed by atoms with van der Waals surface area (Å²) < 4.78 is 67.0. The van der Waals surface area contributed by atoms with Gasteiger partial charge in [-0.05, 0) is 41.0 Å². The van der Waals surface area contributed by atoms with Crippen molar-refractivity contribution >= 4 is 5.97 Å². The van der Waals surface area contributed by atoms with E-state index in [1.54, 1.807) is 0 Å². The zero-order valence-corrected chi connectivity index (χ0v) is 11.3. The van der Waals surface area contributed by atoms with E-state index in [4.69, 9.17) is 5.11 Å². The SMILES string of the molecule is O=C(O)Cc1cc(OC(F)(F)F)ccc1-c1cc(F)cc(F)c1. The Morgan fingerprint density at radius 3 is 2.17 bits per heavy atom. The van der Waals surface area contributed by atoms with E-state index < -0.39 is 36.1 Å². The summed E-state index contributed by atoms with van der Waals surface area (Å²) in [5.41, 5.74) is 0.0434. The summed E-state index contributed by atoms with van der Waals surface area (Å²) in [5, 5.41) is 8.86. The minimum absolute atomic E-state index is 0.0114. The summed E-state index contributed by atoms with van der Waals surface area (Å²) in [4.78, 5) is 10.9. The summed E-state index contributed by atoms with van der Waals surface area (Å²) in [6.07, 6.45) is -5.57. The summed E-state index contributed by atoms with van der Waals surface area (Å²) in [6.45, 7) is 0. The van der Waals surface area contributed by atoms with Crippen molar-refractivity contribution in [1.29, 1.82) is 0 Å². The van der Waals surface area contributed by atoms with Gasteiger partial charge in [-0.2, -0.15) is 0 Å². The lowest BCUT2D eigenvalue weighted by molar-refractivity contribution is -0.274. The van der Waals surface area contributed by atoms with Crippen LogP contribution in [0.3, 0.4) is 0 Å². The predicted molar refractivity (Wildman–Crippen MR) is 69.8 cm³/mol. The predicted octanol–water partition coefficient (Wildman–Crippen LogP) is 4.16. The highest BCUT2D eigenvalue weighted by Gasteiger charge is 2.31. The molecule has 0 saturated heterocycles. The molecule has 3 nitrogen and oxygen atoms in total. The number of carboxylic acid groups (broad SMARTS) is 1. The van der Waals surface area contributed by atoms with Gasteiger partial charge in [-0.15, -0.1) is 13.2 Å². The maximum Gasteiger partial charge on any atom is 0.573 e. The van der Waals surface area contributed by atoms with Crippen molar-refractivity contribution in [3.8, 4) is 16.9 Å². The molecule has 0 spiro atoms. The number of hydrogen-bond donors (Lipinski definition) is 1. The van der Waals surface area contributed by atoms with Crippen LogP contribution in [0.1, 0.15) is 5.56 Å². The molecule has 0 unspecified atom stereocenters. The minimum atomic E-state index is -4.94. The number of hydrogen-bond acceptors (Lipinski definition) is 2. The lowest BCUT2D eigenvalue weighted by Gasteiger charge is -2.13. The molecule has 23 heavy (non-hydrogen) atoms. The van der Waals surface area contributed by atoms with Gasteiger partial charge in [0.25, 0.3) is 0 Å². The fourth-order valence-electron chi connectivity index (χ4n) is 2.07. The number of rotatable bonds is 4. The number of aliphatic carboxylic acids is 1. The van der Waals surface area contributed by atoms with Crippen molar-refractivity contribution in [2.24, 2.45) is 0 Å². The average Bonchev–Trinajstić information content (AvgIpc) is 2.34. The van der Waals surface area contributed by atoms with Crippen LogP contribution in [0.2, 0.25) is 0 Å². The first-order chi connectivity index (χ1) is 10.6. The normalized spacial score (nSPS) is 11.3. The van der Waals surface area contributed by atoms with Crippen LogP contribution in [-0.4, -0.2) is 17.4 Å². The second-order valence-corrected chi connectivity index (χ2v) is 4.60. The molecule has 0 heterocycles. The molecule has 2 aromatic rings. The number of carbonyl (C=O) groups is 1. The van der Waals surface area contributed by atoms with E-state index in [2.05, 4.69) is 4.74 Å². The Kier molecular flexibility index (Phi) is 4.53. The number of halogens is 5. The van der Waals surface area contributed by atoms with Gasteiger partial charge in [0, 0.05) is 6.07 Å². The highest BCUT2D eigenvalue weighted by atomic mass is 19.4. The standard InChI is InChI=1S/C15H9F5O3/c16-10-3-8(4-11(17)7-10)13-2-1-12(23-15(18,19)20)5-9(13)6-14(21)22/h1-5,7H,6H2,(H,21,22). The second-order valence-electron chi connectivity index (χ2n) is 4.60. The maximum atomic E-state index is 13.3. The van der Waals surface area contributed by atoms with Crippen LogP contribution in [0.25, 0.3) is 11.1 Å². The molecule has 0 bridgehead atoms. The molecule has 0 saturated carbocycles. The van der Waals surface area contributed by atoms with Crippen LogP contribution < -0.4 is 4.74 Å². The monoisotopic (exact) mass is 332 g/mol. The van der Waals surface area contributed by atoms with Crippen molar-refractivity contribution in [3.05, 3.63) is 53.6 Å². The molecule has 0 amide bonds. The second kappa shape index (κ2) is 6.23. The first kappa shape index (κ1) is 16.7. The van der Waals surface area contributed by atoms with Crippen molar-refractivity contribution in [1.82, 2.24) is 0 Å². The fourth-order valence-corrected chi connectivity index (χ4v) is 2.07. The van der Waals surface area contributed by atoms with E-state index >= 15 is 0 Å². The third-order valence-electron chi connectivity index (χ3n) is 2.83. The van der Waals surface area contributed by atoms with Crippen LogP contribution in [-0.2, 0) is 11.2 Å². The molecule has 0 radical (unpaired) electrons. The number of ether oxygens (including phenoxy) is 1.